The lowest BCUT2D eigenvalue weighted by Crippen LogP contribution is -2.15. The van der Waals surface area contributed by atoms with E-state index in [9.17, 15) is 8.42 Å². The van der Waals surface area contributed by atoms with Crippen LogP contribution in [0.5, 0.6) is 0 Å². The van der Waals surface area contributed by atoms with Gasteiger partial charge in [-0.3, -0.25) is 4.72 Å². The predicted molar refractivity (Wildman–Crippen MR) is 80.9 cm³/mol. The first-order chi connectivity index (χ1) is 9.94. The Labute approximate surface area is 123 Å². The van der Waals surface area contributed by atoms with E-state index < -0.39 is 10.0 Å². The Balaban J connectivity index is 2.28. The monoisotopic (exact) mass is 305 g/mol. The lowest BCUT2D eigenvalue weighted by atomic mass is 10.2. The molecule has 2 aromatic rings. The van der Waals surface area contributed by atoms with Crippen molar-refractivity contribution in [1.29, 1.82) is 0 Å². The normalized spacial score (nSPS) is 12.1. The molecule has 0 heterocycles. The third-order valence-electron chi connectivity index (χ3n) is 2.92. The van der Waals surface area contributed by atoms with Crippen molar-refractivity contribution in [1.82, 2.24) is 0 Å². The SMILES string of the molecule is Cc1ccccc1S(=O)(=O)Nc1ccc(C(N)=NO)cc1. The van der Waals surface area contributed by atoms with Crippen molar-refractivity contribution in [2.45, 2.75) is 11.8 Å². The number of nitrogens with two attached hydrogens (primary N) is 1. The zero-order valence-corrected chi connectivity index (χ0v) is 12.1. The van der Waals surface area contributed by atoms with Crippen molar-refractivity contribution in [3.8, 4) is 0 Å². The van der Waals surface area contributed by atoms with Crippen LogP contribution in [0.25, 0.3) is 0 Å². The fraction of sp³-hybridized carbons (Fsp3) is 0.0714. The van der Waals surface area contributed by atoms with Crippen LogP contribution in [0.4, 0.5) is 5.69 Å². The third-order valence-corrected chi connectivity index (χ3v) is 4.47. The van der Waals surface area contributed by atoms with E-state index in [2.05, 4.69) is 9.88 Å². The molecule has 0 aliphatic carbocycles. The Morgan fingerprint density at radius 2 is 1.76 bits per heavy atom. The topological polar surface area (TPSA) is 105 Å². The molecule has 0 atom stereocenters. The Morgan fingerprint density at radius 3 is 2.33 bits per heavy atom. The van der Waals surface area contributed by atoms with Crippen molar-refractivity contribution in [3.05, 3.63) is 59.7 Å². The highest BCUT2D eigenvalue weighted by atomic mass is 32.2. The number of rotatable bonds is 4. The van der Waals surface area contributed by atoms with Crippen LogP contribution < -0.4 is 10.5 Å². The predicted octanol–water partition coefficient (Wildman–Crippen LogP) is 1.89. The van der Waals surface area contributed by atoms with Gasteiger partial charge in [-0.1, -0.05) is 23.4 Å². The molecule has 0 saturated carbocycles. The maximum atomic E-state index is 12.3. The standard InChI is InChI=1S/C14H15N3O3S/c1-10-4-2-3-5-13(10)21(19,20)17-12-8-6-11(7-9-12)14(15)16-18/h2-9,17-18H,1H3,(H2,15,16). The molecule has 0 aliphatic rings. The van der Waals surface area contributed by atoms with Crippen LogP contribution in [-0.4, -0.2) is 19.5 Å². The zero-order valence-electron chi connectivity index (χ0n) is 11.3. The molecule has 0 spiro atoms. The second-order valence-corrected chi connectivity index (χ2v) is 6.08. The maximum absolute atomic E-state index is 12.3. The number of benzene rings is 2. The van der Waals surface area contributed by atoms with Crippen LogP contribution >= 0.6 is 0 Å². The summed E-state index contributed by atoms with van der Waals surface area (Å²) < 4.78 is 27.1. The van der Waals surface area contributed by atoms with E-state index in [4.69, 9.17) is 10.9 Å². The summed E-state index contributed by atoms with van der Waals surface area (Å²) in [6.45, 7) is 1.73. The molecule has 0 radical (unpaired) electrons. The second-order valence-electron chi connectivity index (χ2n) is 4.43. The average Bonchev–Trinajstić information content (AvgIpc) is 2.47. The van der Waals surface area contributed by atoms with E-state index >= 15 is 0 Å². The number of hydrogen-bond acceptors (Lipinski definition) is 4. The van der Waals surface area contributed by atoms with Gasteiger partial charge in [0.15, 0.2) is 5.84 Å². The molecule has 0 bridgehead atoms. The summed E-state index contributed by atoms with van der Waals surface area (Å²) in [4.78, 5) is 0.227. The van der Waals surface area contributed by atoms with Crippen LogP contribution in [0.15, 0.2) is 58.6 Å². The molecule has 7 heteroatoms. The van der Waals surface area contributed by atoms with Gasteiger partial charge in [-0.05, 0) is 42.8 Å². The average molecular weight is 305 g/mol. The molecule has 0 fully saturated rings. The van der Waals surface area contributed by atoms with Crippen molar-refractivity contribution >= 4 is 21.5 Å². The first-order valence-electron chi connectivity index (χ1n) is 6.10. The molecule has 0 amide bonds. The quantitative estimate of drug-likeness (QED) is 0.347. The van der Waals surface area contributed by atoms with Crippen LogP contribution in [0.2, 0.25) is 0 Å². The van der Waals surface area contributed by atoms with Crippen molar-refractivity contribution in [2.75, 3.05) is 4.72 Å². The van der Waals surface area contributed by atoms with Gasteiger partial charge in [-0.25, -0.2) is 8.42 Å². The smallest absolute Gasteiger partial charge is 0.262 e. The van der Waals surface area contributed by atoms with E-state index in [1.165, 1.54) is 0 Å². The molecule has 6 nitrogen and oxygen atoms in total. The number of nitrogens with one attached hydrogen (secondary N) is 1. The number of aryl methyl sites for hydroxylation is 1. The van der Waals surface area contributed by atoms with Gasteiger partial charge in [-0.2, -0.15) is 0 Å². The Morgan fingerprint density at radius 1 is 1.14 bits per heavy atom. The molecule has 2 aromatic carbocycles. The summed E-state index contributed by atoms with van der Waals surface area (Å²) in [7, 11) is -3.64. The first-order valence-corrected chi connectivity index (χ1v) is 7.59. The summed E-state index contributed by atoms with van der Waals surface area (Å²) in [6, 6.07) is 12.9. The van der Waals surface area contributed by atoms with E-state index in [1.54, 1.807) is 55.5 Å². The van der Waals surface area contributed by atoms with Crippen LogP contribution in [0.1, 0.15) is 11.1 Å². The van der Waals surface area contributed by atoms with Crippen molar-refractivity contribution in [2.24, 2.45) is 10.9 Å². The number of nitrogens with zero attached hydrogens (tertiary/aromatic N) is 1. The number of hydrogen-bond donors (Lipinski definition) is 3. The van der Waals surface area contributed by atoms with Crippen LogP contribution in [0, 0.1) is 6.92 Å². The number of anilines is 1. The third kappa shape index (κ3) is 3.32. The number of sulfonamides is 1. The largest absolute Gasteiger partial charge is 0.409 e. The zero-order chi connectivity index (χ0) is 15.5. The molecule has 21 heavy (non-hydrogen) atoms. The van der Waals surface area contributed by atoms with Gasteiger partial charge in [0, 0.05) is 11.3 Å². The van der Waals surface area contributed by atoms with Crippen molar-refractivity contribution in [3.63, 3.8) is 0 Å². The van der Waals surface area contributed by atoms with Gasteiger partial charge in [0.05, 0.1) is 4.90 Å². The summed E-state index contributed by atoms with van der Waals surface area (Å²) in [5.74, 6) is -0.0386. The summed E-state index contributed by atoms with van der Waals surface area (Å²) >= 11 is 0. The van der Waals surface area contributed by atoms with Crippen LogP contribution in [-0.2, 0) is 10.0 Å². The summed E-state index contributed by atoms with van der Waals surface area (Å²) in [6.07, 6.45) is 0. The molecule has 4 N–H and O–H groups in total. The molecular weight excluding hydrogens is 290 g/mol. The van der Waals surface area contributed by atoms with E-state index in [-0.39, 0.29) is 10.7 Å². The fourth-order valence-electron chi connectivity index (χ4n) is 1.83. The molecule has 0 aromatic heterocycles. The molecule has 2 rings (SSSR count). The lowest BCUT2D eigenvalue weighted by Gasteiger charge is -2.10. The lowest BCUT2D eigenvalue weighted by molar-refractivity contribution is 0.318. The molecule has 0 unspecified atom stereocenters. The Bertz CT molecular complexity index is 768. The van der Waals surface area contributed by atoms with Crippen molar-refractivity contribution < 1.29 is 13.6 Å². The van der Waals surface area contributed by atoms with Gasteiger partial charge in [-0.15, -0.1) is 0 Å². The van der Waals surface area contributed by atoms with E-state index in [1.807, 2.05) is 0 Å². The molecule has 0 saturated heterocycles. The Kier molecular flexibility index (Phi) is 4.13. The van der Waals surface area contributed by atoms with Gasteiger partial charge < -0.3 is 10.9 Å². The maximum Gasteiger partial charge on any atom is 0.262 e. The number of oxime groups is 1. The van der Waals surface area contributed by atoms with Gasteiger partial charge in [0.25, 0.3) is 10.0 Å². The fourth-order valence-corrected chi connectivity index (χ4v) is 3.14. The number of amidine groups is 1. The molecule has 110 valence electrons. The van der Waals surface area contributed by atoms with Gasteiger partial charge in [0.1, 0.15) is 0 Å². The minimum Gasteiger partial charge on any atom is -0.409 e. The Hall–Kier alpha value is -2.54. The highest BCUT2D eigenvalue weighted by molar-refractivity contribution is 7.92. The van der Waals surface area contributed by atoms with Gasteiger partial charge >= 0.3 is 0 Å². The van der Waals surface area contributed by atoms with Crippen LogP contribution in [0.3, 0.4) is 0 Å². The summed E-state index contributed by atoms with van der Waals surface area (Å²) in [5, 5.41) is 11.5. The van der Waals surface area contributed by atoms with E-state index in [0.29, 0.717) is 16.8 Å². The minimum absolute atomic E-state index is 0.0386. The second kappa shape index (κ2) is 5.84. The highest BCUT2D eigenvalue weighted by Gasteiger charge is 2.16. The summed E-state index contributed by atoms with van der Waals surface area (Å²) in [5.41, 5.74) is 7.00. The highest BCUT2D eigenvalue weighted by Crippen LogP contribution is 2.19. The minimum atomic E-state index is -3.64. The molecular formula is C14H15N3O3S. The molecule has 0 aliphatic heterocycles. The first kappa shape index (κ1) is 14.9. The van der Waals surface area contributed by atoms with Gasteiger partial charge in [0.2, 0.25) is 0 Å². The van der Waals surface area contributed by atoms with E-state index in [0.717, 1.165) is 0 Å².